The minimum Gasteiger partial charge on any atom is -0.353 e. The molecule has 2 aromatic heterocycles. The maximum absolute atomic E-state index is 12.9. The lowest BCUT2D eigenvalue weighted by Gasteiger charge is -2.28. The summed E-state index contributed by atoms with van der Waals surface area (Å²) in [4.78, 5) is 49.2. The average molecular weight is 405 g/mol. The summed E-state index contributed by atoms with van der Waals surface area (Å²) in [6.07, 6.45) is 1.99. The number of benzene rings is 1. The minimum absolute atomic E-state index is 0.0334. The van der Waals surface area contributed by atoms with Crippen LogP contribution in [-0.4, -0.2) is 73.9 Å². The van der Waals surface area contributed by atoms with Crippen LogP contribution < -0.4 is 5.32 Å². The van der Waals surface area contributed by atoms with E-state index in [1.54, 1.807) is 4.90 Å². The van der Waals surface area contributed by atoms with Gasteiger partial charge in [0.05, 0.1) is 36.0 Å². The molecule has 2 aliphatic heterocycles. The van der Waals surface area contributed by atoms with E-state index in [-0.39, 0.29) is 30.0 Å². The maximum Gasteiger partial charge on any atom is 0.275 e. The van der Waals surface area contributed by atoms with Gasteiger partial charge in [-0.05, 0) is 18.6 Å². The van der Waals surface area contributed by atoms with Crippen LogP contribution in [0.3, 0.4) is 0 Å². The van der Waals surface area contributed by atoms with E-state index in [4.69, 9.17) is 0 Å². The minimum atomic E-state index is -0.262. The SMILES string of the molecule is O=C1CN(C(=O)c2n[nH]c3c2CCN(C(=O)c2cnc4ccccc4n2)C3)CCN1. The van der Waals surface area contributed by atoms with E-state index in [2.05, 4.69) is 25.5 Å². The molecule has 10 nitrogen and oxygen atoms in total. The van der Waals surface area contributed by atoms with Gasteiger partial charge in [0.15, 0.2) is 5.69 Å². The van der Waals surface area contributed by atoms with Crippen LogP contribution in [-0.2, 0) is 17.8 Å². The molecule has 0 atom stereocenters. The first-order chi connectivity index (χ1) is 14.6. The zero-order valence-corrected chi connectivity index (χ0v) is 16.1. The average Bonchev–Trinajstić information content (AvgIpc) is 3.21. The van der Waals surface area contributed by atoms with Crippen LogP contribution in [0.2, 0.25) is 0 Å². The Balaban J connectivity index is 1.34. The van der Waals surface area contributed by atoms with Gasteiger partial charge in [-0.1, -0.05) is 12.1 Å². The van der Waals surface area contributed by atoms with Crippen LogP contribution in [0.4, 0.5) is 0 Å². The summed E-state index contributed by atoms with van der Waals surface area (Å²) in [6, 6.07) is 7.39. The molecule has 1 fully saturated rings. The molecule has 1 saturated heterocycles. The predicted octanol–water partition coefficient (Wildman–Crippen LogP) is 0.123. The van der Waals surface area contributed by atoms with E-state index in [1.807, 2.05) is 24.3 Å². The molecule has 5 rings (SSSR count). The first kappa shape index (κ1) is 18.2. The van der Waals surface area contributed by atoms with Gasteiger partial charge in [0.1, 0.15) is 5.69 Å². The number of aromatic nitrogens is 4. The Labute approximate surface area is 171 Å². The molecule has 2 aliphatic rings. The van der Waals surface area contributed by atoms with E-state index >= 15 is 0 Å². The number of carbonyl (C=O) groups is 3. The molecule has 0 unspecified atom stereocenters. The Kier molecular flexibility index (Phi) is 4.38. The van der Waals surface area contributed by atoms with Gasteiger partial charge in [0, 0.05) is 25.2 Å². The van der Waals surface area contributed by atoms with Gasteiger partial charge in [-0.15, -0.1) is 0 Å². The Morgan fingerprint density at radius 1 is 1.00 bits per heavy atom. The number of piperazine rings is 1. The quantitative estimate of drug-likeness (QED) is 0.624. The highest BCUT2D eigenvalue weighted by Gasteiger charge is 2.31. The standard InChI is InChI=1S/C20H19N7O3/c28-17-11-27(8-6-21-17)20(30)18-12-5-7-26(10-16(12)24-25-18)19(29)15-9-22-13-3-1-2-4-14(13)23-15/h1-4,9H,5-8,10-11H2,(H,21,28)(H,24,25). The highest BCUT2D eigenvalue weighted by Crippen LogP contribution is 2.23. The largest absolute Gasteiger partial charge is 0.353 e. The zero-order valence-electron chi connectivity index (χ0n) is 16.1. The summed E-state index contributed by atoms with van der Waals surface area (Å²) in [5, 5.41) is 9.79. The Bertz CT molecular complexity index is 1170. The number of rotatable bonds is 2. The van der Waals surface area contributed by atoms with Gasteiger partial charge >= 0.3 is 0 Å². The zero-order chi connectivity index (χ0) is 20.7. The van der Waals surface area contributed by atoms with Crippen molar-refractivity contribution < 1.29 is 14.4 Å². The summed E-state index contributed by atoms with van der Waals surface area (Å²) in [5.74, 6) is -0.649. The number of nitrogens with zero attached hydrogens (tertiary/aromatic N) is 5. The fraction of sp³-hybridized carbons (Fsp3) is 0.300. The van der Waals surface area contributed by atoms with Crippen molar-refractivity contribution in [2.45, 2.75) is 13.0 Å². The van der Waals surface area contributed by atoms with Gasteiger partial charge in [-0.3, -0.25) is 24.5 Å². The number of fused-ring (bicyclic) bond motifs is 2. The van der Waals surface area contributed by atoms with E-state index in [9.17, 15) is 14.4 Å². The third kappa shape index (κ3) is 3.15. The number of carbonyl (C=O) groups excluding carboxylic acids is 3. The van der Waals surface area contributed by atoms with Crippen molar-refractivity contribution in [3.63, 3.8) is 0 Å². The fourth-order valence-electron chi connectivity index (χ4n) is 3.85. The molecule has 4 heterocycles. The number of hydrogen-bond donors (Lipinski definition) is 2. The summed E-state index contributed by atoms with van der Waals surface area (Å²) < 4.78 is 0. The van der Waals surface area contributed by atoms with Crippen molar-refractivity contribution in [3.8, 4) is 0 Å². The molecule has 3 aromatic rings. The molecular weight excluding hydrogens is 386 g/mol. The van der Waals surface area contributed by atoms with E-state index in [0.29, 0.717) is 43.8 Å². The number of nitrogens with one attached hydrogen (secondary N) is 2. The van der Waals surface area contributed by atoms with Crippen molar-refractivity contribution in [2.24, 2.45) is 0 Å². The van der Waals surface area contributed by atoms with E-state index in [1.165, 1.54) is 11.1 Å². The van der Waals surface area contributed by atoms with Crippen molar-refractivity contribution in [1.82, 2.24) is 35.3 Å². The molecule has 0 radical (unpaired) electrons. The van der Waals surface area contributed by atoms with Crippen molar-refractivity contribution in [1.29, 1.82) is 0 Å². The van der Waals surface area contributed by atoms with Crippen LogP contribution in [0.1, 0.15) is 32.2 Å². The lowest BCUT2D eigenvalue weighted by Crippen LogP contribution is -2.50. The third-order valence-corrected chi connectivity index (χ3v) is 5.42. The van der Waals surface area contributed by atoms with Gasteiger partial charge in [-0.2, -0.15) is 5.10 Å². The lowest BCUT2D eigenvalue weighted by atomic mass is 10.0. The van der Waals surface area contributed by atoms with Crippen LogP contribution >= 0.6 is 0 Å². The molecule has 152 valence electrons. The molecule has 10 heteroatoms. The first-order valence-corrected chi connectivity index (χ1v) is 9.73. The normalized spacial score (nSPS) is 16.3. The fourth-order valence-corrected chi connectivity index (χ4v) is 3.85. The first-order valence-electron chi connectivity index (χ1n) is 9.73. The molecule has 3 amide bonds. The number of amides is 3. The van der Waals surface area contributed by atoms with Crippen LogP contribution in [0.25, 0.3) is 11.0 Å². The van der Waals surface area contributed by atoms with E-state index in [0.717, 1.165) is 16.8 Å². The molecule has 0 aliphatic carbocycles. The number of hydrogen-bond acceptors (Lipinski definition) is 6. The Morgan fingerprint density at radius 2 is 1.80 bits per heavy atom. The summed E-state index contributed by atoms with van der Waals surface area (Å²) >= 11 is 0. The van der Waals surface area contributed by atoms with Crippen LogP contribution in [0.15, 0.2) is 30.5 Å². The van der Waals surface area contributed by atoms with Crippen molar-refractivity contribution in [3.05, 3.63) is 53.1 Å². The molecule has 30 heavy (non-hydrogen) atoms. The predicted molar refractivity (Wildman–Crippen MR) is 105 cm³/mol. The van der Waals surface area contributed by atoms with Gasteiger partial charge in [0.2, 0.25) is 5.91 Å². The second-order valence-corrected chi connectivity index (χ2v) is 7.33. The molecule has 0 saturated carbocycles. The monoisotopic (exact) mass is 405 g/mol. The summed E-state index contributed by atoms with van der Waals surface area (Å²) in [6.45, 7) is 1.68. The topological polar surface area (TPSA) is 124 Å². The number of aromatic amines is 1. The van der Waals surface area contributed by atoms with Gasteiger partial charge < -0.3 is 15.1 Å². The van der Waals surface area contributed by atoms with Crippen molar-refractivity contribution >= 4 is 28.8 Å². The van der Waals surface area contributed by atoms with Crippen LogP contribution in [0, 0.1) is 0 Å². The molecular formula is C20H19N7O3. The molecule has 0 spiro atoms. The van der Waals surface area contributed by atoms with Crippen molar-refractivity contribution in [2.75, 3.05) is 26.2 Å². The highest BCUT2D eigenvalue weighted by atomic mass is 16.2. The third-order valence-electron chi connectivity index (χ3n) is 5.42. The summed E-state index contributed by atoms with van der Waals surface area (Å²) in [5.41, 5.74) is 3.55. The van der Waals surface area contributed by atoms with Crippen LogP contribution in [0.5, 0.6) is 0 Å². The molecule has 2 N–H and O–H groups in total. The Morgan fingerprint density at radius 3 is 2.63 bits per heavy atom. The summed E-state index contributed by atoms with van der Waals surface area (Å²) in [7, 11) is 0. The molecule has 1 aromatic carbocycles. The van der Waals surface area contributed by atoms with Gasteiger partial charge in [0.25, 0.3) is 11.8 Å². The molecule has 0 bridgehead atoms. The number of H-pyrrole nitrogens is 1. The van der Waals surface area contributed by atoms with Gasteiger partial charge in [-0.25, -0.2) is 4.98 Å². The second kappa shape index (κ2) is 7.21. The maximum atomic E-state index is 12.9. The number of para-hydroxylation sites is 2. The highest BCUT2D eigenvalue weighted by molar-refractivity contribution is 5.97. The lowest BCUT2D eigenvalue weighted by molar-refractivity contribution is -0.123. The second-order valence-electron chi connectivity index (χ2n) is 7.33. The van der Waals surface area contributed by atoms with E-state index < -0.39 is 0 Å². The Hall–Kier alpha value is -3.82. The smallest absolute Gasteiger partial charge is 0.275 e.